The van der Waals surface area contributed by atoms with Crippen LogP contribution < -0.4 is 5.32 Å². The topological polar surface area (TPSA) is 49.3 Å². The van der Waals surface area contributed by atoms with Gasteiger partial charge in [-0.1, -0.05) is 27.5 Å². The number of hydrogen-bond donors (Lipinski definition) is 2. The molecule has 0 bridgehead atoms. The highest BCUT2D eigenvalue weighted by atomic mass is 79.9. The molecule has 2 N–H and O–H groups in total. The Kier molecular flexibility index (Phi) is 3.77. The molecule has 1 rings (SSSR count). The molecule has 0 aliphatic heterocycles. The minimum atomic E-state index is -1.05. The molecule has 0 aromatic heterocycles. The van der Waals surface area contributed by atoms with E-state index in [0.29, 0.717) is 5.02 Å². The fourth-order valence-electron chi connectivity index (χ4n) is 1.11. The molecule has 0 saturated carbocycles. The summed E-state index contributed by atoms with van der Waals surface area (Å²) in [7, 11) is 0. The predicted octanol–water partition coefficient (Wildman–Crippen LogP) is 3.43. The van der Waals surface area contributed by atoms with Gasteiger partial charge in [0.05, 0.1) is 6.04 Å². The fourth-order valence-corrected chi connectivity index (χ4v) is 1.88. The van der Waals surface area contributed by atoms with Crippen molar-refractivity contribution in [1.29, 1.82) is 0 Å². The maximum absolute atomic E-state index is 10.4. The molecular formula is C9H9BrClNO2. The fraction of sp³-hybridized carbons (Fsp3) is 0.222. The lowest BCUT2D eigenvalue weighted by Crippen LogP contribution is -2.24. The van der Waals surface area contributed by atoms with Crippen LogP contribution in [0.25, 0.3) is 0 Å². The van der Waals surface area contributed by atoms with Gasteiger partial charge in [0.1, 0.15) is 0 Å². The summed E-state index contributed by atoms with van der Waals surface area (Å²) in [6.07, 6.45) is -1.05. The van der Waals surface area contributed by atoms with Crippen molar-refractivity contribution in [3.63, 3.8) is 0 Å². The van der Waals surface area contributed by atoms with E-state index in [4.69, 9.17) is 16.7 Å². The highest BCUT2D eigenvalue weighted by molar-refractivity contribution is 9.10. The molecule has 0 unspecified atom stereocenters. The first-order valence-electron chi connectivity index (χ1n) is 3.95. The van der Waals surface area contributed by atoms with Crippen LogP contribution in [0.1, 0.15) is 18.5 Å². The lowest BCUT2D eigenvalue weighted by atomic mass is 10.1. The smallest absolute Gasteiger partial charge is 0.405 e. The molecular weight excluding hydrogens is 269 g/mol. The molecule has 5 heteroatoms. The molecule has 0 fully saturated rings. The molecule has 14 heavy (non-hydrogen) atoms. The van der Waals surface area contributed by atoms with Gasteiger partial charge < -0.3 is 10.4 Å². The molecule has 1 aromatic rings. The van der Waals surface area contributed by atoms with E-state index in [1.54, 1.807) is 25.1 Å². The average Bonchev–Trinajstić information content (AvgIpc) is 2.08. The van der Waals surface area contributed by atoms with Gasteiger partial charge in [-0.25, -0.2) is 4.79 Å². The van der Waals surface area contributed by atoms with E-state index in [2.05, 4.69) is 21.2 Å². The number of halogens is 2. The summed E-state index contributed by atoms with van der Waals surface area (Å²) in [6.45, 7) is 1.75. The minimum absolute atomic E-state index is 0.291. The van der Waals surface area contributed by atoms with Crippen molar-refractivity contribution in [2.24, 2.45) is 0 Å². The zero-order chi connectivity index (χ0) is 10.7. The Morgan fingerprint density at radius 3 is 2.86 bits per heavy atom. The number of carbonyl (C=O) groups is 1. The minimum Gasteiger partial charge on any atom is -0.465 e. The van der Waals surface area contributed by atoms with Crippen LogP contribution >= 0.6 is 27.5 Å². The van der Waals surface area contributed by atoms with Crippen LogP contribution in [-0.4, -0.2) is 11.2 Å². The third kappa shape index (κ3) is 2.89. The number of benzene rings is 1. The van der Waals surface area contributed by atoms with Gasteiger partial charge in [-0.2, -0.15) is 0 Å². The summed E-state index contributed by atoms with van der Waals surface area (Å²) in [5.74, 6) is 0. The monoisotopic (exact) mass is 277 g/mol. The van der Waals surface area contributed by atoms with Gasteiger partial charge in [-0.05, 0) is 30.7 Å². The highest BCUT2D eigenvalue weighted by Gasteiger charge is 2.11. The summed E-state index contributed by atoms with van der Waals surface area (Å²) in [4.78, 5) is 10.4. The van der Waals surface area contributed by atoms with E-state index in [9.17, 15) is 4.79 Å². The second kappa shape index (κ2) is 4.66. The number of rotatable bonds is 2. The summed E-state index contributed by atoms with van der Waals surface area (Å²) in [5.41, 5.74) is 0.819. The van der Waals surface area contributed by atoms with Crippen molar-refractivity contribution in [3.8, 4) is 0 Å². The quantitative estimate of drug-likeness (QED) is 0.871. The zero-order valence-corrected chi connectivity index (χ0v) is 9.76. The van der Waals surface area contributed by atoms with E-state index in [0.717, 1.165) is 10.0 Å². The Balaban J connectivity index is 2.93. The molecule has 3 nitrogen and oxygen atoms in total. The molecule has 0 heterocycles. The van der Waals surface area contributed by atoms with E-state index in [1.807, 2.05) is 0 Å². The van der Waals surface area contributed by atoms with Gasteiger partial charge in [0.2, 0.25) is 0 Å². The molecule has 76 valence electrons. The maximum Gasteiger partial charge on any atom is 0.405 e. The van der Waals surface area contributed by atoms with Gasteiger partial charge in [-0.3, -0.25) is 0 Å². The third-order valence-corrected chi connectivity index (χ3v) is 2.72. The van der Waals surface area contributed by atoms with Crippen LogP contribution in [0.5, 0.6) is 0 Å². The molecule has 0 saturated heterocycles. The molecule has 1 amide bonds. The SMILES string of the molecule is C[C@@H](NC(=O)O)c1cc(Cl)ccc1Br. The van der Waals surface area contributed by atoms with Crippen LogP contribution in [0.3, 0.4) is 0 Å². The molecule has 0 aliphatic carbocycles. The second-order valence-corrected chi connectivity index (χ2v) is 4.13. The van der Waals surface area contributed by atoms with Gasteiger partial charge in [0.15, 0.2) is 0 Å². The summed E-state index contributed by atoms with van der Waals surface area (Å²) in [5, 5.41) is 11.5. The maximum atomic E-state index is 10.4. The molecule has 0 spiro atoms. The summed E-state index contributed by atoms with van der Waals surface area (Å²) >= 11 is 9.13. The van der Waals surface area contributed by atoms with Crippen molar-refractivity contribution in [2.75, 3.05) is 0 Å². The number of carboxylic acid groups (broad SMARTS) is 1. The van der Waals surface area contributed by atoms with Crippen molar-refractivity contribution >= 4 is 33.6 Å². The normalized spacial score (nSPS) is 12.2. The predicted molar refractivity (Wildman–Crippen MR) is 58.7 cm³/mol. The van der Waals surface area contributed by atoms with Gasteiger partial charge in [0, 0.05) is 9.50 Å². The third-order valence-electron chi connectivity index (χ3n) is 1.76. The van der Waals surface area contributed by atoms with Crippen LogP contribution in [0, 0.1) is 0 Å². The number of nitrogens with one attached hydrogen (secondary N) is 1. The first-order chi connectivity index (χ1) is 6.50. The van der Waals surface area contributed by atoms with Crippen LogP contribution in [0.15, 0.2) is 22.7 Å². The van der Waals surface area contributed by atoms with E-state index < -0.39 is 6.09 Å². The Morgan fingerprint density at radius 2 is 2.29 bits per heavy atom. The Labute approximate surface area is 95.2 Å². The first-order valence-corrected chi connectivity index (χ1v) is 5.12. The average molecular weight is 279 g/mol. The van der Waals surface area contributed by atoms with Crippen LogP contribution in [0.2, 0.25) is 5.02 Å². The molecule has 0 radical (unpaired) electrons. The van der Waals surface area contributed by atoms with Crippen LogP contribution in [-0.2, 0) is 0 Å². The van der Waals surface area contributed by atoms with Gasteiger partial charge in [0.25, 0.3) is 0 Å². The number of hydrogen-bond acceptors (Lipinski definition) is 1. The Bertz CT molecular complexity index is 357. The molecule has 0 aliphatic rings. The van der Waals surface area contributed by atoms with Crippen molar-refractivity contribution < 1.29 is 9.90 Å². The second-order valence-electron chi connectivity index (χ2n) is 2.84. The van der Waals surface area contributed by atoms with E-state index in [1.165, 1.54) is 0 Å². The lowest BCUT2D eigenvalue weighted by molar-refractivity contribution is 0.191. The Morgan fingerprint density at radius 1 is 1.64 bits per heavy atom. The standard InChI is InChI=1S/C9H9BrClNO2/c1-5(12-9(13)14)7-4-6(11)2-3-8(7)10/h2-5,12H,1H3,(H,13,14)/t5-/m1/s1. The largest absolute Gasteiger partial charge is 0.465 e. The summed E-state index contributed by atoms with van der Waals surface area (Å²) in [6, 6.07) is 4.97. The van der Waals surface area contributed by atoms with Crippen LogP contribution in [0.4, 0.5) is 4.79 Å². The zero-order valence-electron chi connectivity index (χ0n) is 7.42. The van der Waals surface area contributed by atoms with Crippen molar-refractivity contribution in [1.82, 2.24) is 5.32 Å². The van der Waals surface area contributed by atoms with Crippen molar-refractivity contribution in [3.05, 3.63) is 33.3 Å². The highest BCUT2D eigenvalue weighted by Crippen LogP contribution is 2.26. The number of amides is 1. The Hall–Kier alpha value is -0.740. The van der Waals surface area contributed by atoms with E-state index >= 15 is 0 Å². The van der Waals surface area contributed by atoms with Crippen molar-refractivity contribution in [2.45, 2.75) is 13.0 Å². The molecule has 1 atom stereocenters. The lowest BCUT2D eigenvalue weighted by Gasteiger charge is -2.13. The molecule has 1 aromatic carbocycles. The first kappa shape index (κ1) is 11.3. The summed E-state index contributed by atoms with van der Waals surface area (Å²) < 4.78 is 0.836. The van der Waals surface area contributed by atoms with E-state index in [-0.39, 0.29) is 6.04 Å². The van der Waals surface area contributed by atoms with Gasteiger partial charge in [-0.15, -0.1) is 0 Å². The van der Waals surface area contributed by atoms with Gasteiger partial charge >= 0.3 is 6.09 Å².